The van der Waals surface area contributed by atoms with Crippen molar-refractivity contribution in [1.82, 2.24) is 19.9 Å². The lowest BCUT2D eigenvalue weighted by Gasteiger charge is -2.13. The minimum atomic E-state index is -0.342. The average Bonchev–Trinajstić information content (AvgIpc) is 2.65. The van der Waals surface area contributed by atoms with Crippen LogP contribution >= 0.6 is 0 Å². The van der Waals surface area contributed by atoms with Gasteiger partial charge in [0.2, 0.25) is 0 Å². The number of aryl methyl sites for hydroxylation is 2. The standard InChI is InChI=1S/C18H18N4O4/c1-9-16(25)14(11(7-23)5-20-9)13-3-4-19-18(22-13)15-12(8-24)6-21-10(2)17(15)26/h3-6,23-26H,7-8H2,1-2H3. The number of aromatic nitrogens is 4. The largest absolute Gasteiger partial charge is 0.505 e. The van der Waals surface area contributed by atoms with E-state index >= 15 is 0 Å². The van der Waals surface area contributed by atoms with Crippen LogP contribution in [0.4, 0.5) is 0 Å². The molecule has 0 aliphatic heterocycles. The average molecular weight is 354 g/mol. The molecule has 0 aliphatic carbocycles. The van der Waals surface area contributed by atoms with E-state index in [0.717, 1.165) is 0 Å². The van der Waals surface area contributed by atoms with E-state index in [4.69, 9.17) is 0 Å². The van der Waals surface area contributed by atoms with Gasteiger partial charge in [-0.25, -0.2) is 9.97 Å². The summed E-state index contributed by atoms with van der Waals surface area (Å²) in [4.78, 5) is 16.7. The molecule has 134 valence electrons. The lowest BCUT2D eigenvalue weighted by atomic mass is 10.0. The SMILES string of the molecule is Cc1ncc(CO)c(-c2ccnc(-c3c(CO)cnc(C)c3O)n2)c1O. The van der Waals surface area contributed by atoms with Crippen LogP contribution in [-0.2, 0) is 13.2 Å². The number of aliphatic hydroxyl groups is 2. The molecule has 0 spiro atoms. The van der Waals surface area contributed by atoms with Crippen LogP contribution in [0.5, 0.6) is 11.5 Å². The smallest absolute Gasteiger partial charge is 0.164 e. The van der Waals surface area contributed by atoms with Gasteiger partial charge in [-0.1, -0.05) is 0 Å². The van der Waals surface area contributed by atoms with E-state index in [1.807, 2.05) is 0 Å². The second-order valence-corrected chi connectivity index (χ2v) is 5.77. The number of aliphatic hydroxyl groups excluding tert-OH is 2. The Morgan fingerprint density at radius 2 is 1.35 bits per heavy atom. The van der Waals surface area contributed by atoms with Gasteiger partial charge >= 0.3 is 0 Å². The molecule has 0 radical (unpaired) electrons. The Balaban J connectivity index is 2.24. The number of rotatable bonds is 4. The van der Waals surface area contributed by atoms with Gasteiger partial charge in [0.05, 0.1) is 41.4 Å². The molecule has 3 rings (SSSR count). The predicted octanol–water partition coefficient (Wildman–Crippen LogP) is 1.61. The van der Waals surface area contributed by atoms with Gasteiger partial charge in [0, 0.05) is 29.7 Å². The molecular formula is C18H18N4O4. The third-order valence-electron chi connectivity index (χ3n) is 4.11. The zero-order chi connectivity index (χ0) is 18.8. The van der Waals surface area contributed by atoms with Gasteiger partial charge in [0.1, 0.15) is 11.5 Å². The number of hydrogen-bond donors (Lipinski definition) is 4. The van der Waals surface area contributed by atoms with Crippen molar-refractivity contribution in [1.29, 1.82) is 0 Å². The quantitative estimate of drug-likeness (QED) is 0.555. The fraction of sp³-hybridized carbons (Fsp3) is 0.222. The molecule has 0 saturated heterocycles. The normalized spacial score (nSPS) is 10.9. The number of nitrogens with zero attached hydrogens (tertiary/aromatic N) is 4. The van der Waals surface area contributed by atoms with E-state index in [9.17, 15) is 20.4 Å². The Kier molecular flexibility index (Phi) is 4.79. The maximum Gasteiger partial charge on any atom is 0.164 e. The summed E-state index contributed by atoms with van der Waals surface area (Å²) >= 11 is 0. The third kappa shape index (κ3) is 2.96. The first-order chi connectivity index (χ1) is 12.5. The summed E-state index contributed by atoms with van der Waals surface area (Å²) in [6.45, 7) is 2.61. The Hall–Kier alpha value is -3.10. The van der Waals surface area contributed by atoms with Crippen molar-refractivity contribution in [2.45, 2.75) is 27.1 Å². The van der Waals surface area contributed by atoms with Gasteiger partial charge < -0.3 is 20.4 Å². The first-order valence-corrected chi connectivity index (χ1v) is 7.88. The van der Waals surface area contributed by atoms with Gasteiger partial charge in [-0.15, -0.1) is 0 Å². The molecule has 0 aromatic carbocycles. The van der Waals surface area contributed by atoms with E-state index < -0.39 is 0 Å². The number of hydrogen-bond acceptors (Lipinski definition) is 8. The maximum absolute atomic E-state index is 10.4. The molecule has 8 nitrogen and oxygen atoms in total. The predicted molar refractivity (Wildman–Crippen MR) is 93.1 cm³/mol. The topological polar surface area (TPSA) is 132 Å². The van der Waals surface area contributed by atoms with E-state index in [-0.39, 0.29) is 36.1 Å². The summed E-state index contributed by atoms with van der Waals surface area (Å²) in [7, 11) is 0. The first kappa shape index (κ1) is 17.7. The molecule has 0 bridgehead atoms. The van der Waals surface area contributed by atoms with E-state index in [0.29, 0.717) is 33.8 Å². The molecule has 0 atom stereocenters. The molecule has 4 N–H and O–H groups in total. The second kappa shape index (κ2) is 7.03. The van der Waals surface area contributed by atoms with E-state index in [1.165, 1.54) is 18.6 Å². The fourth-order valence-electron chi connectivity index (χ4n) is 2.66. The molecule has 0 aliphatic rings. The molecule has 0 fully saturated rings. The van der Waals surface area contributed by atoms with E-state index in [2.05, 4.69) is 19.9 Å². The molecule has 8 heteroatoms. The van der Waals surface area contributed by atoms with Crippen molar-refractivity contribution in [3.8, 4) is 34.1 Å². The van der Waals surface area contributed by atoms with Crippen LogP contribution < -0.4 is 0 Å². The number of pyridine rings is 2. The third-order valence-corrected chi connectivity index (χ3v) is 4.11. The van der Waals surface area contributed by atoms with Crippen molar-refractivity contribution in [2.75, 3.05) is 0 Å². The molecule has 0 saturated carbocycles. The van der Waals surface area contributed by atoms with Crippen LogP contribution in [0, 0.1) is 13.8 Å². The lowest BCUT2D eigenvalue weighted by molar-refractivity contribution is 0.281. The lowest BCUT2D eigenvalue weighted by Crippen LogP contribution is -2.01. The minimum Gasteiger partial charge on any atom is -0.505 e. The van der Waals surface area contributed by atoms with Gasteiger partial charge in [0.25, 0.3) is 0 Å². The van der Waals surface area contributed by atoms with Crippen LogP contribution in [0.1, 0.15) is 22.5 Å². The Labute approximate surface area is 149 Å². The van der Waals surface area contributed by atoms with Crippen LogP contribution in [0.25, 0.3) is 22.6 Å². The van der Waals surface area contributed by atoms with Crippen molar-refractivity contribution in [3.63, 3.8) is 0 Å². The maximum atomic E-state index is 10.4. The molecule has 3 aromatic rings. The fourth-order valence-corrected chi connectivity index (χ4v) is 2.66. The van der Waals surface area contributed by atoms with Crippen molar-refractivity contribution in [2.24, 2.45) is 0 Å². The van der Waals surface area contributed by atoms with Crippen LogP contribution in [-0.4, -0.2) is 40.4 Å². The van der Waals surface area contributed by atoms with Crippen molar-refractivity contribution >= 4 is 0 Å². The summed E-state index contributed by atoms with van der Waals surface area (Å²) < 4.78 is 0. The highest BCUT2D eigenvalue weighted by atomic mass is 16.3. The summed E-state index contributed by atoms with van der Waals surface area (Å²) in [5.74, 6) is -0.0303. The molecule has 0 unspecified atom stereocenters. The summed E-state index contributed by atoms with van der Waals surface area (Å²) in [5.41, 5.74) is 2.55. The zero-order valence-corrected chi connectivity index (χ0v) is 14.3. The molecule has 3 heterocycles. The van der Waals surface area contributed by atoms with Crippen molar-refractivity contribution < 1.29 is 20.4 Å². The van der Waals surface area contributed by atoms with Crippen LogP contribution in [0.2, 0.25) is 0 Å². The Morgan fingerprint density at radius 3 is 1.92 bits per heavy atom. The molecule has 0 amide bonds. The van der Waals surface area contributed by atoms with Gasteiger partial charge in [-0.05, 0) is 19.9 Å². The monoisotopic (exact) mass is 354 g/mol. The second-order valence-electron chi connectivity index (χ2n) is 5.77. The van der Waals surface area contributed by atoms with E-state index in [1.54, 1.807) is 19.9 Å². The minimum absolute atomic E-state index is 0.0845. The molecular weight excluding hydrogens is 336 g/mol. The summed E-state index contributed by atoms with van der Waals surface area (Å²) in [6.07, 6.45) is 4.40. The summed E-state index contributed by atoms with van der Waals surface area (Å²) in [5, 5.41) is 39.9. The highest BCUT2D eigenvalue weighted by Crippen LogP contribution is 2.36. The highest BCUT2D eigenvalue weighted by molar-refractivity contribution is 5.74. The first-order valence-electron chi connectivity index (χ1n) is 7.88. The van der Waals surface area contributed by atoms with Gasteiger partial charge in [0.15, 0.2) is 5.82 Å². The zero-order valence-electron chi connectivity index (χ0n) is 14.3. The Morgan fingerprint density at radius 1 is 0.808 bits per heavy atom. The van der Waals surface area contributed by atoms with Crippen LogP contribution in [0.3, 0.4) is 0 Å². The highest BCUT2D eigenvalue weighted by Gasteiger charge is 2.19. The van der Waals surface area contributed by atoms with Gasteiger partial charge in [-0.3, -0.25) is 9.97 Å². The van der Waals surface area contributed by atoms with Gasteiger partial charge in [-0.2, -0.15) is 0 Å². The van der Waals surface area contributed by atoms with Crippen molar-refractivity contribution in [3.05, 3.63) is 47.2 Å². The van der Waals surface area contributed by atoms with Crippen LogP contribution in [0.15, 0.2) is 24.7 Å². The molecule has 3 aromatic heterocycles. The molecule has 26 heavy (non-hydrogen) atoms. The number of aromatic hydroxyl groups is 2. The summed E-state index contributed by atoms with van der Waals surface area (Å²) in [6, 6.07) is 1.58. The Bertz CT molecular complexity index is 901.